The van der Waals surface area contributed by atoms with E-state index in [1.807, 2.05) is 18.2 Å². The van der Waals surface area contributed by atoms with Gasteiger partial charge in [-0.25, -0.2) is 0 Å². The molecule has 0 radical (unpaired) electrons. The monoisotopic (exact) mass is 280 g/mol. The molecule has 0 N–H and O–H groups in total. The lowest BCUT2D eigenvalue weighted by Gasteiger charge is -2.22. The standard InChI is InChI=1S/C20H24O/c1-4-16(3)20(18-8-6-5-7-9-18)19(21)14-17-12-10-15(2)11-13-17/h5-13,16,20H,4,14H2,1-3H3. The molecular weight excluding hydrogens is 256 g/mol. The summed E-state index contributed by atoms with van der Waals surface area (Å²) in [6, 6.07) is 18.5. The van der Waals surface area contributed by atoms with E-state index in [2.05, 4.69) is 57.2 Å². The van der Waals surface area contributed by atoms with Gasteiger partial charge < -0.3 is 0 Å². The summed E-state index contributed by atoms with van der Waals surface area (Å²) in [6.07, 6.45) is 1.53. The highest BCUT2D eigenvalue weighted by Crippen LogP contribution is 2.29. The van der Waals surface area contributed by atoms with Crippen molar-refractivity contribution in [1.82, 2.24) is 0 Å². The summed E-state index contributed by atoms with van der Waals surface area (Å²) in [5.41, 5.74) is 3.48. The zero-order chi connectivity index (χ0) is 15.2. The molecule has 0 heterocycles. The van der Waals surface area contributed by atoms with Gasteiger partial charge in [-0.3, -0.25) is 4.79 Å². The van der Waals surface area contributed by atoms with Crippen LogP contribution in [0.5, 0.6) is 0 Å². The van der Waals surface area contributed by atoms with Crippen molar-refractivity contribution in [2.45, 2.75) is 39.5 Å². The van der Waals surface area contributed by atoms with Crippen LogP contribution in [0.25, 0.3) is 0 Å². The molecule has 0 spiro atoms. The van der Waals surface area contributed by atoms with E-state index in [4.69, 9.17) is 0 Å². The molecule has 21 heavy (non-hydrogen) atoms. The van der Waals surface area contributed by atoms with E-state index < -0.39 is 0 Å². The van der Waals surface area contributed by atoms with E-state index in [1.54, 1.807) is 0 Å². The van der Waals surface area contributed by atoms with Crippen molar-refractivity contribution in [2.75, 3.05) is 0 Å². The number of carbonyl (C=O) groups excluding carboxylic acids is 1. The van der Waals surface area contributed by atoms with Crippen LogP contribution >= 0.6 is 0 Å². The molecule has 2 atom stereocenters. The average Bonchev–Trinajstić information content (AvgIpc) is 2.50. The number of rotatable bonds is 6. The topological polar surface area (TPSA) is 17.1 Å². The lowest BCUT2D eigenvalue weighted by Crippen LogP contribution is -2.21. The normalized spacial score (nSPS) is 13.7. The van der Waals surface area contributed by atoms with Crippen molar-refractivity contribution < 1.29 is 4.79 Å². The van der Waals surface area contributed by atoms with E-state index in [1.165, 1.54) is 5.56 Å². The van der Waals surface area contributed by atoms with E-state index in [9.17, 15) is 4.79 Å². The van der Waals surface area contributed by atoms with Crippen LogP contribution in [-0.4, -0.2) is 5.78 Å². The van der Waals surface area contributed by atoms with E-state index in [-0.39, 0.29) is 5.92 Å². The fourth-order valence-corrected chi connectivity index (χ4v) is 2.74. The number of hydrogen-bond donors (Lipinski definition) is 0. The molecule has 2 aromatic rings. The van der Waals surface area contributed by atoms with Crippen LogP contribution in [0.15, 0.2) is 54.6 Å². The van der Waals surface area contributed by atoms with E-state index >= 15 is 0 Å². The third kappa shape index (κ3) is 4.04. The molecular formula is C20H24O. The maximum atomic E-state index is 12.8. The Hall–Kier alpha value is -1.89. The van der Waals surface area contributed by atoms with Crippen molar-refractivity contribution in [3.63, 3.8) is 0 Å². The van der Waals surface area contributed by atoms with Gasteiger partial charge in [0.2, 0.25) is 0 Å². The first kappa shape index (κ1) is 15.5. The van der Waals surface area contributed by atoms with Gasteiger partial charge in [0.05, 0.1) is 0 Å². The lowest BCUT2D eigenvalue weighted by molar-refractivity contribution is -0.120. The molecule has 0 aliphatic carbocycles. The predicted molar refractivity (Wildman–Crippen MR) is 88.5 cm³/mol. The summed E-state index contributed by atoms with van der Waals surface area (Å²) in [6.45, 7) is 6.39. The minimum atomic E-state index is -0.00231. The third-order valence-corrected chi connectivity index (χ3v) is 4.22. The Morgan fingerprint density at radius 2 is 1.62 bits per heavy atom. The quantitative estimate of drug-likeness (QED) is 0.732. The molecule has 0 saturated carbocycles. The van der Waals surface area contributed by atoms with Gasteiger partial charge in [0.25, 0.3) is 0 Å². The van der Waals surface area contributed by atoms with Crippen LogP contribution < -0.4 is 0 Å². The fraction of sp³-hybridized carbons (Fsp3) is 0.350. The molecule has 0 aliphatic heterocycles. The van der Waals surface area contributed by atoms with Gasteiger partial charge >= 0.3 is 0 Å². The van der Waals surface area contributed by atoms with Crippen molar-refractivity contribution in [3.8, 4) is 0 Å². The summed E-state index contributed by atoms with van der Waals surface area (Å²) < 4.78 is 0. The fourth-order valence-electron chi connectivity index (χ4n) is 2.74. The average molecular weight is 280 g/mol. The van der Waals surface area contributed by atoms with Crippen molar-refractivity contribution in [1.29, 1.82) is 0 Å². The SMILES string of the molecule is CCC(C)C(C(=O)Cc1ccc(C)cc1)c1ccccc1. The summed E-state index contributed by atoms with van der Waals surface area (Å²) >= 11 is 0. The molecule has 0 aliphatic rings. The molecule has 0 bridgehead atoms. The summed E-state index contributed by atoms with van der Waals surface area (Å²) in [7, 11) is 0. The molecule has 0 fully saturated rings. The first-order valence-electron chi connectivity index (χ1n) is 7.75. The second kappa shape index (κ2) is 7.21. The molecule has 0 amide bonds. The first-order chi connectivity index (χ1) is 10.1. The summed E-state index contributed by atoms with van der Waals surface area (Å²) in [4.78, 5) is 12.8. The number of carbonyl (C=O) groups is 1. The predicted octanol–water partition coefficient (Wildman–Crippen LogP) is 4.94. The molecule has 2 aromatic carbocycles. The summed E-state index contributed by atoms with van der Waals surface area (Å²) in [5, 5.41) is 0. The third-order valence-electron chi connectivity index (χ3n) is 4.22. The van der Waals surface area contributed by atoms with E-state index in [0.29, 0.717) is 18.1 Å². The highest BCUT2D eigenvalue weighted by Gasteiger charge is 2.25. The molecule has 110 valence electrons. The lowest BCUT2D eigenvalue weighted by atomic mass is 9.80. The number of Topliss-reactive ketones (excluding diaryl/α,β-unsaturated/α-hetero) is 1. The minimum Gasteiger partial charge on any atom is -0.299 e. The van der Waals surface area contributed by atoms with Crippen LogP contribution in [0.2, 0.25) is 0 Å². The Labute approximate surface area is 128 Å². The number of ketones is 1. The van der Waals surface area contributed by atoms with Gasteiger partial charge in [-0.2, -0.15) is 0 Å². The zero-order valence-corrected chi connectivity index (χ0v) is 13.2. The molecule has 1 heteroatoms. The largest absolute Gasteiger partial charge is 0.299 e. The van der Waals surface area contributed by atoms with Gasteiger partial charge in [0.1, 0.15) is 5.78 Å². The van der Waals surface area contributed by atoms with Crippen molar-refractivity contribution in [3.05, 3.63) is 71.3 Å². The maximum absolute atomic E-state index is 12.8. The zero-order valence-electron chi connectivity index (χ0n) is 13.2. The van der Waals surface area contributed by atoms with Gasteiger partial charge in [-0.15, -0.1) is 0 Å². The van der Waals surface area contributed by atoms with Gasteiger partial charge in [0.15, 0.2) is 0 Å². The minimum absolute atomic E-state index is 0.00231. The highest BCUT2D eigenvalue weighted by atomic mass is 16.1. The second-order valence-electron chi connectivity index (χ2n) is 5.90. The Kier molecular flexibility index (Phi) is 5.32. The molecule has 1 nitrogen and oxygen atoms in total. The van der Waals surface area contributed by atoms with Crippen molar-refractivity contribution >= 4 is 5.78 Å². The Balaban J connectivity index is 2.20. The Morgan fingerprint density at radius 1 is 1.00 bits per heavy atom. The summed E-state index contributed by atoms with van der Waals surface area (Å²) in [5.74, 6) is 0.683. The van der Waals surface area contributed by atoms with E-state index in [0.717, 1.165) is 17.5 Å². The first-order valence-corrected chi connectivity index (χ1v) is 7.75. The van der Waals surface area contributed by atoms with Crippen LogP contribution in [0.1, 0.15) is 42.9 Å². The molecule has 2 unspecified atom stereocenters. The maximum Gasteiger partial charge on any atom is 0.144 e. The molecule has 0 saturated heterocycles. The highest BCUT2D eigenvalue weighted by molar-refractivity contribution is 5.88. The second-order valence-corrected chi connectivity index (χ2v) is 5.90. The van der Waals surface area contributed by atoms with Crippen LogP contribution in [0.4, 0.5) is 0 Å². The van der Waals surface area contributed by atoms with Gasteiger partial charge in [0, 0.05) is 12.3 Å². The molecule has 2 rings (SSSR count). The number of aryl methyl sites for hydroxylation is 1. The van der Waals surface area contributed by atoms with Crippen LogP contribution in [0.3, 0.4) is 0 Å². The van der Waals surface area contributed by atoms with Gasteiger partial charge in [-0.1, -0.05) is 80.4 Å². The number of benzene rings is 2. The van der Waals surface area contributed by atoms with Crippen LogP contribution in [0, 0.1) is 12.8 Å². The smallest absolute Gasteiger partial charge is 0.144 e. The van der Waals surface area contributed by atoms with Gasteiger partial charge in [-0.05, 0) is 24.0 Å². The Morgan fingerprint density at radius 3 is 2.19 bits per heavy atom. The van der Waals surface area contributed by atoms with Crippen molar-refractivity contribution in [2.24, 2.45) is 5.92 Å². The Bertz CT molecular complexity index is 569. The molecule has 0 aromatic heterocycles. The number of hydrogen-bond acceptors (Lipinski definition) is 1. The van der Waals surface area contributed by atoms with Crippen LogP contribution in [-0.2, 0) is 11.2 Å².